The average molecular weight is 288 g/mol. The number of para-hydroxylation sites is 1. The Hall–Kier alpha value is -1.06. The summed E-state index contributed by atoms with van der Waals surface area (Å²) >= 11 is 0. The van der Waals surface area contributed by atoms with E-state index in [1.807, 2.05) is 0 Å². The van der Waals surface area contributed by atoms with Crippen LogP contribution in [0.4, 0.5) is 0 Å². The number of hydrogen-bond acceptors (Lipinski definition) is 3. The van der Waals surface area contributed by atoms with E-state index in [1.165, 1.54) is 25.1 Å². The van der Waals surface area contributed by atoms with Crippen molar-refractivity contribution in [3.8, 4) is 5.75 Å². The summed E-state index contributed by atoms with van der Waals surface area (Å²) in [4.78, 5) is 2.63. The Labute approximate surface area is 128 Å². The van der Waals surface area contributed by atoms with E-state index >= 15 is 0 Å². The van der Waals surface area contributed by atoms with Crippen molar-refractivity contribution in [2.24, 2.45) is 11.3 Å². The first-order valence-electron chi connectivity index (χ1n) is 8.13. The van der Waals surface area contributed by atoms with Gasteiger partial charge in [0.1, 0.15) is 12.4 Å². The van der Waals surface area contributed by atoms with Gasteiger partial charge in [0.05, 0.1) is 12.1 Å². The van der Waals surface area contributed by atoms with Gasteiger partial charge in [0.2, 0.25) is 0 Å². The lowest BCUT2D eigenvalue weighted by atomic mass is 9.80. The van der Waals surface area contributed by atoms with Crippen LogP contribution in [0, 0.1) is 11.3 Å². The Morgan fingerprint density at radius 1 is 1.24 bits per heavy atom. The molecule has 0 spiro atoms. The number of likely N-dealkylation sites (N-methyl/N-ethyl adjacent to an activating group) is 1. The second-order valence-electron chi connectivity index (χ2n) is 7.53. The van der Waals surface area contributed by atoms with Crippen LogP contribution in [0.5, 0.6) is 5.75 Å². The molecule has 0 aliphatic carbocycles. The number of benzene rings is 1. The van der Waals surface area contributed by atoms with E-state index in [2.05, 4.69) is 62.3 Å². The molecule has 3 nitrogen and oxygen atoms in total. The lowest BCUT2D eigenvalue weighted by Gasteiger charge is -2.39. The summed E-state index contributed by atoms with van der Waals surface area (Å²) in [5, 5.41) is 3.52. The normalized spacial score (nSPS) is 30.0. The number of rotatable bonds is 2. The average Bonchev–Trinajstić information content (AvgIpc) is 2.95. The van der Waals surface area contributed by atoms with Crippen LogP contribution < -0.4 is 10.1 Å². The Morgan fingerprint density at radius 2 is 2.00 bits per heavy atom. The molecular formula is C18H28N2O. The minimum Gasteiger partial charge on any atom is -0.492 e. The second kappa shape index (κ2) is 5.62. The van der Waals surface area contributed by atoms with Gasteiger partial charge in [0.25, 0.3) is 0 Å². The van der Waals surface area contributed by atoms with E-state index in [-0.39, 0.29) is 0 Å². The van der Waals surface area contributed by atoms with Crippen LogP contribution in [0.2, 0.25) is 0 Å². The van der Waals surface area contributed by atoms with Crippen molar-refractivity contribution in [2.75, 3.05) is 26.7 Å². The molecule has 0 bridgehead atoms. The fourth-order valence-electron chi connectivity index (χ4n) is 3.81. The summed E-state index contributed by atoms with van der Waals surface area (Å²) in [7, 11) is 2.07. The fourth-order valence-corrected chi connectivity index (χ4v) is 3.81. The molecule has 1 fully saturated rings. The maximum Gasteiger partial charge on any atom is 0.124 e. The van der Waals surface area contributed by atoms with Gasteiger partial charge in [-0.15, -0.1) is 0 Å². The highest BCUT2D eigenvalue weighted by Gasteiger charge is 2.40. The lowest BCUT2D eigenvalue weighted by molar-refractivity contribution is 0.0975. The highest BCUT2D eigenvalue weighted by molar-refractivity contribution is 5.38. The van der Waals surface area contributed by atoms with Crippen molar-refractivity contribution in [1.29, 1.82) is 0 Å². The summed E-state index contributed by atoms with van der Waals surface area (Å²) < 4.78 is 6.02. The first kappa shape index (κ1) is 14.9. The smallest absolute Gasteiger partial charge is 0.124 e. The number of ether oxygens (including phenoxy) is 1. The van der Waals surface area contributed by atoms with Crippen LogP contribution in [0.1, 0.15) is 38.8 Å². The van der Waals surface area contributed by atoms with Crippen LogP contribution in [0.25, 0.3) is 0 Å². The summed E-state index contributed by atoms with van der Waals surface area (Å²) in [6.45, 7) is 10.3. The molecule has 2 heterocycles. The summed E-state index contributed by atoms with van der Waals surface area (Å²) in [6, 6.07) is 9.25. The third kappa shape index (κ3) is 2.82. The van der Waals surface area contributed by atoms with Crippen molar-refractivity contribution >= 4 is 0 Å². The molecule has 0 radical (unpaired) electrons. The molecule has 3 heteroatoms. The Kier molecular flexibility index (Phi) is 3.98. The van der Waals surface area contributed by atoms with Gasteiger partial charge < -0.3 is 10.1 Å². The first-order valence-corrected chi connectivity index (χ1v) is 8.13. The zero-order valence-electron chi connectivity index (χ0n) is 13.7. The molecule has 21 heavy (non-hydrogen) atoms. The lowest BCUT2D eigenvalue weighted by Crippen LogP contribution is -2.49. The first-order chi connectivity index (χ1) is 10.0. The Balaban J connectivity index is 1.78. The molecule has 116 valence electrons. The predicted molar refractivity (Wildman–Crippen MR) is 86.7 cm³/mol. The molecule has 1 aromatic rings. The molecule has 2 aliphatic heterocycles. The molecular weight excluding hydrogens is 260 g/mol. The standard InChI is InChI=1S/C18H28N2O/c1-18(2,3)13-9-10-20(11-13)15-12-21-16-8-6-5-7-14(16)17(15)19-4/h5-8,13,15,17,19H,9-12H2,1-4H3. The van der Waals surface area contributed by atoms with E-state index < -0.39 is 0 Å². The molecule has 1 aromatic carbocycles. The number of nitrogens with one attached hydrogen (secondary N) is 1. The van der Waals surface area contributed by atoms with Gasteiger partial charge in [-0.05, 0) is 37.4 Å². The van der Waals surface area contributed by atoms with E-state index in [0.29, 0.717) is 17.5 Å². The van der Waals surface area contributed by atoms with Crippen LogP contribution in [-0.4, -0.2) is 37.7 Å². The van der Waals surface area contributed by atoms with E-state index in [0.717, 1.165) is 18.3 Å². The van der Waals surface area contributed by atoms with Gasteiger partial charge in [-0.1, -0.05) is 39.0 Å². The minimum absolute atomic E-state index is 0.369. The van der Waals surface area contributed by atoms with E-state index in [4.69, 9.17) is 4.74 Å². The van der Waals surface area contributed by atoms with E-state index in [1.54, 1.807) is 0 Å². The third-order valence-electron chi connectivity index (χ3n) is 5.27. The van der Waals surface area contributed by atoms with Gasteiger partial charge >= 0.3 is 0 Å². The molecule has 2 aliphatic rings. The molecule has 0 amide bonds. The van der Waals surface area contributed by atoms with Crippen molar-refractivity contribution < 1.29 is 4.74 Å². The SMILES string of the molecule is CNC1c2ccccc2OCC1N1CCC(C(C)(C)C)C1. The van der Waals surface area contributed by atoms with Crippen molar-refractivity contribution in [3.05, 3.63) is 29.8 Å². The molecule has 3 atom stereocenters. The van der Waals surface area contributed by atoms with Crippen LogP contribution in [0.3, 0.4) is 0 Å². The summed E-state index contributed by atoms with van der Waals surface area (Å²) in [5.41, 5.74) is 1.70. The monoisotopic (exact) mass is 288 g/mol. The van der Waals surface area contributed by atoms with Gasteiger partial charge in [0, 0.05) is 12.1 Å². The van der Waals surface area contributed by atoms with Crippen molar-refractivity contribution in [3.63, 3.8) is 0 Å². The minimum atomic E-state index is 0.369. The van der Waals surface area contributed by atoms with E-state index in [9.17, 15) is 0 Å². The van der Waals surface area contributed by atoms with Crippen LogP contribution in [0.15, 0.2) is 24.3 Å². The highest BCUT2D eigenvalue weighted by Crippen LogP contribution is 2.39. The fraction of sp³-hybridized carbons (Fsp3) is 0.667. The van der Waals surface area contributed by atoms with Crippen molar-refractivity contribution in [2.45, 2.75) is 39.3 Å². The van der Waals surface area contributed by atoms with Gasteiger partial charge in [-0.2, -0.15) is 0 Å². The highest BCUT2D eigenvalue weighted by atomic mass is 16.5. The number of nitrogens with zero attached hydrogens (tertiary/aromatic N) is 1. The zero-order valence-corrected chi connectivity index (χ0v) is 13.7. The Morgan fingerprint density at radius 3 is 2.67 bits per heavy atom. The van der Waals surface area contributed by atoms with Gasteiger partial charge in [-0.3, -0.25) is 4.90 Å². The summed E-state index contributed by atoms with van der Waals surface area (Å²) in [6.07, 6.45) is 1.30. The van der Waals surface area contributed by atoms with Crippen molar-refractivity contribution in [1.82, 2.24) is 10.2 Å². The predicted octanol–water partition coefficient (Wildman–Crippen LogP) is 3.08. The topological polar surface area (TPSA) is 24.5 Å². The van der Waals surface area contributed by atoms with Crippen LogP contribution >= 0.6 is 0 Å². The number of likely N-dealkylation sites (tertiary alicyclic amines) is 1. The molecule has 3 rings (SSSR count). The van der Waals surface area contributed by atoms with Gasteiger partial charge in [0.15, 0.2) is 0 Å². The molecule has 0 aromatic heterocycles. The summed E-state index contributed by atoms with van der Waals surface area (Å²) in [5.74, 6) is 1.83. The molecule has 1 N–H and O–H groups in total. The molecule has 0 saturated carbocycles. The largest absolute Gasteiger partial charge is 0.492 e. The van der Waals surface area contributed by atoms with Gasteiger partial charge in [-0.25, -0.2) is 0 Å². The Bertz CT molecular complexity index is 494. The molecule has 1 saturated heterocycles. The maximum absolute atomic E-state index is 6.02. The van der Waals surface area contributed by atoms with Crippen LogP contribution in [-0.2, 0) is 0 Å². The third-order valence-corrected chi connectivity index (χ3v) is 5.27. The quantitative estimate of drug-likeness (QED) is 0.905. The number of fused-ring (bicyclic) bond motifs is 1. The zero-order chi connectivity index (χ0) is 15.0. The second-order valence-corrected chi connectivity index (χ2v) is 7.53. The number of hydrogen-bond donors (Lipinski definition) is 1. The molecule has 3 unspecified atom stereocenters. The maximum atomic E-state index is 6.02.